The van der Waals surface area contributed by atoms with Crippen molar-refractivity contribution < 1.29 is 4.52 Å². The van der Waals surface area contributed by atoms with E-state index < -0.39 is 0 Å². The van der Waals surface area contributed by atoms with Gasteiger partial charge < -0.3 is 14.8 Å². The van der Waals surface area contributed by atoms with Crippen molar-refractivity contribution in [2.75, 3.05) is 6.54 Å². The highest BCUT2D eigenvalue weighted by atomic mass is 16.5. The van der Waals surface area contributed by atoms with E-state index in [9.17, 15) is 0 Å². The first-order valence-electron chi connectivity index (χ1n) is 6.74. The quantitative estimate of drug-likeness (QED) is 0.799. The van der Waals surface area contributed by atoms with E-state index in [0.717, 1.165) is 19.4 Å². The highest BCUT2D eigenvalue weighted by Crippen LogP contribution is 2.13. The van der Waals surface area contributed by atoms with Gasteiger partial charge in [-0.25, -0.2) is 4.98 Å². The maximum absolute atomic E-state index is 5.29. The number of hydrogen-bond donors (Lipinski definition) is 2. The van der Waals surface area contributed by atoms with Gasteiger partial charge in [-0.3, -0.25) is 0 Å². The van der Waals surface area contributed by atoms with Gasteiger partial charge in [-0.1, -0.05) is 25.9 Å². The minimum absolute atomic E-state index is 0.370. The number of likely N-dealkylation sites (N-methyl/N-ethyl adjacent to an activating group) is 1. The SMILES string of the molecule is CCNC(Cc1nc(-c2ncc[nH]2)no1)CC(C)C. The lowest BCUT2D eigenvalue weighted by molar-refractivity contribution is 0.340. The normalized spacial score (nSPS) is 13.1. The molecule has 0 fully saturated rings. The number of nitrogens with zero attached hydrogens (tertiary/aromatic N) is 3. The van der Waals surface area contributed by atoms with Crippen molar-refractivity contribution in [1.29, 1.82) is 0 Å². The molecule has 0 aliphatic carbocycles. The van der Waals surface area contributed by atoms with Crippen LogP contribution in [-0.2, 0) is 6.42 Å². The van der Waals surface area contributed by atoms with E-state index in [1.807, 2.05) is 0 Å². The zero-order chi connectivity index (χ0) is 13.7. The third-order valence-corrected chi connectivity index (χ3v) is 2.85. The lowest BCUT2D eigenvalue weighted by Crippen LogP contribution is -2.32. The molecule has 0 aromatic carbocycles. The molecule has 2 rings (SSSR count). The number of nitrogens with one attached hydrogen (secondary N) is 2. The zero-order valence-corrected chi connectivity index (χ0v) is 11.7. The lowest BCUT2D eigenvalue weighted by atomic mass is 10.0. The number of aromatic amines is 1. The van der Waals surface area contributed by atoms with Crippen molar-refractivity contribution >= 4 is 0 Å². The van der Waals surface area contributed by atoms with Gasteiger partial charge in [0.15, 0.2) is 5.82 Å². The summed E-state index contributed by atoms with van der Waals surface area (Å²) >= 11 is 0. The van der Waals surface area contributed by atoms with Crippen molar-refractivity contribution in [2.24, 2.45) is 5.92 Å². The summed E-state index contributed by atoms with van der Waals surface area (Å²) in [5.41, 5.74) is 0. The van der Waals surface area contributed by atoms with Crippen molar-refractivity contribution in [3.63, 3.8) is 0 Å². The smallest absolute Gasteiger partial charge is 0.238 e. The summed E-state index contributed by atoms with van der Waals surface area (Å²) < 4.78 is 5.29. The van der Waals surface area contributed by atoms with Crippen LogP contribution in [-0.4, -0.2) is 32.7 Å². The Morgan fingerprint density at radius 1 is 1.42 bits per heavy atom. The van der Waals surface area contributed by atoms with Crippen molar-refractivity contribution in [3.05, 3.63) is 18.3 Å². The summed E-state index contributed by atoms with van der Waals surface area (Å²) in [7, 11) is 0. The maximum Gasteiger partial charge on any atom is 0.238 e. The molecule has 0 saturated heterocycles. The van der Waals surface area contributed by atoms with E-state index in [1.165, 1.54) is 0 Å². The summed E-state index contributed by atoms with van der Waals surface area (Å²) in [5, 5.41) is 7.40. The second-order valence-corrected chi connectivity index (χ2v) is 5.04. The molecule has 104 valence electrons. The highest BCUT2D eigenvalue weighted by molar-refractivity contribution is 5.40. The number of H-pyrrole nitrogens is 1. The Hall–Kier alpha value is -1.69. The summed E-state index contributed by atoms with van der Waals surface area (Å²) in [6, 6.07) is 0.370. The van der Waals surface area contributed by atoms with E-state index in [4.69, 9.17) is 4.52 Å². The van der Waals surface area contributed by atoms with Crippen LogP contribution in [0.2, 0.25) is 0 Å². The van der Waals surface area contributed by atoms with Crippen LogP contribution in [0.15, 0.2) is 16.9 Å². The van der Waals surface area contributed by atoms with E-state index in [1.54, 1.807) is 12.4 Å². The molecule has 2 aromatic rings. The Morgan fingerprint density at radius 3 is 2.89 bits per heavy atom. The molecule has 19 heavy (non-hydrogen) atoms. The van der Waals surface area contributed by atoms with E-state index in [0.29, 0.717) is 29.5 Å². The van der Waals surface area contributed by atoms with Crippen LogP contribution in [0.5, 0.6) is 0 Å². The minimum Gasteiger partial charge on any atom is -0.342 e. The molecule has 0 saturated carbocycles. The summed E-state index contributed by atoms with van der Waals surface area (Å²) in [5.74, 6) is 2.44. The van der Waals surface area contributed by atoms with Crippen LogP contribution in [0.3, 0.4) is 0 Å². The van der Waals surface area contributed by atoms with Gasteiger partial charge in [0.25, 0.3) is 0 Å². The monoisotopic (exact) mass is 263 g/mol. The molecule has 0 radical (unpaired) electrons. The Kier molecular flexibility index (Phi) is 4.68. The van der Waals surface area contributed by atoms with Gasteiger partial charge in [0, 0.05) is 24.9 Å². The fourth-order valence-electron chi connectivity index (χ4n) is 2.13. The van der Waals surface area contributed by atoms with Crippen molar-refractivity contribution in [3.8, 4) is 11.6 Å². The molecule has 0 aliphatic rings. The molecule has 2 N–H and O–H groups in total. The predicted molar refractivity (Wildman–Crippen MR) is 72.5 cm³/mol. The van der Waals surface area contributed by atoms with Crippen LogP contribution < -0.4 is 5.32 Å². The largest absolute Gasteiger partial charge is 0.342 e. The van der Waals surface area contributed by atoms with Crippen LogP contribution >= 0.6 is 0 Å². The molecular weight excluding hydrogens is 242 g/mol. The Balaban J connectivity index is 2.01. The molecule has 2 heterocycles. The molecule has 1 unspecified atom stereocenters. The molecule has 0 aliphatic heterocycles. The van der Waals surface area contributed by atoms with E-state index >= 15 is 0 Å². The number of rotatable bonds is 7. The predicted octanol–water partition coefficient (Wildman–Crippen LogP) is 2.03. The maximum atomic E-state index is 5.29. The third-order valence-electron chi connectivity index (χ3n) is 2.85. The van der Waals surface area contributed by atoms with Crippen LogP contribution in [0.1, 0.15) is 33.1 Å². The fraction of sp³-hybridized carbons (Fsp3) is 0.615. The molecule has 0 bridgehead atoms. The zero-order valence-electron chi connectivity index (χ0n) is 11.7. The Morgan fingerprint density at radius 2 is 2.26 bits per heavy atom. The van der Waals surface area contributed by atoms with Crippen molar-refractivity contribution in [1.82, 2.24) is 25.4 Å². The average Bonchev–Trinajstić information content (AvgIpc) is 2.97. The first-order valence-corrected chi connectivity index (χ1v) is 6.74. The van der Waals surface area contributed by atoms with Crippen LogP contribution in [0.25, 0.3) is 11.6 Å². The highest BCUT2D eigenvalue weighted by Gasteiger charge is 2.16. The standard InChI is InChI=1S/C13H21N5O/c1-4-14-10(7-9(2)3)8-11-17-13(18-19-11)12-15-5-6-16-12/h5-6,9-10,14H,4,7-8H2,1-3H3,(H,15,16). The number of imidazole rings is 1. The fourth-order valence-corrected chi connectivity index (χ4v) is 2.13. The first kappa shape index (κ1) is 13.7. The van der Waals surface area contributed by atoms with E-state index in [2.05, 4.69) is 46.2 Å². The number of aromatic nitrogens is 4. The molecule has 6 heteroatoms. The average molecular weight is 263 g/mol. The first-order chi connectivity index (χ1) is 9.19. The molecule has 1 atom stereocenters. The second kappa shape index (κ2) is 6.47. The van der Waals surface area contributed by atoms with Gasteiger partial charge in [0.05, 0.1) is 0 Å². The van der Waals surface area contributed by atoms with Gasteiger partial charge >= 0.3 is 0 Å². The van der Waals surface area contributed by atoms with Gasteiger partial charge in [-0.2, -0.15) is 4.98 Å². The summed E-state index contributed by atoms with van der Waals surface area (Å²) in [4.78, 5) is 11.4. The topological polar surface area (TPSA) is 79.6 Å². The van der Waals surface area contributed by atoms with Crippen LogP contribution in [0.4, 0.5) is 0 Å². The molecule has 2 aromatic heterocycles. The van der Waals surface area contributed by atoms with Gasteiger partial charge in [-0.05, 0) is 18.9 Å². The summed E-state index contributed by atoms with van der Waals surface area (Å²) in [6.07, 6.45) is 5.25. The lowest BCUT2D eigenvalue weighted by Gasteiger charge is -2.17. The molecule has 6 nitrogen and oxygen atoms in total. The van der Waals surface area contributed by atoms with Gasteiger partial charge in [0.2, 0.25) is 11.7 Å². The van der Waals surface area contributed by atoms with Crippen LogP contribution in [0, 0.1) is 5.92 Å². The van der Waals surface area contributed by atoms with Gasteiger partial charge in [-0.15, -0.1) is 0 Å². The minimum atomic E-state index is 0.370. The number of hydrogen-bond acceptors (Lipinski definition) is 5. The third kappa shape index (κ3) is 3.89. The summed E-state index contributed by atoms with van der Waals surface area (Å²) in [6.45, 7) is 7.48. The van der Waals surface area contributed by atoms with Crippen molar-refractivity contribution in [2.45, 2.75) is 39.7 Å². The Bertz CT molecular complexity index is 477. The van der Waals surface area contributed by atoms with E-state index in [-0.39, 0.29) is 0 Å². The second-order valence-electron chi connectivity index (χ2n) is 5.04. The molecule has 0 amide bonds. The van der Waals surface area contributed by atoms with Gasteiger partial charge in [0.1, 0.15) is 0 Å². The molecule has 0 spiro atoms. The molecular formula is C13H21N5O. The Labute approximate surface area is 113 Å².